The van der Waals surface area contributed by atoms with Crippen molar-refractivity contribution < 1.29 is 4.74 Å². The van der Waals surface area contributed by atoms with E-state index in [0.717, 1.165) is 28.6 Å². The van der Waals surface area contributed by atoms with E-state index in [1.165, 1.54) is 0 Å². The van der Waals surface area contributed by atoms with Crippen molar-refractivity contribution in [3.8, 4) is 5.88 Å². The number of nitrogens with one attached hydrogen (secondary N) is 2. The van der Waals surface area contributed by atoms with Crippen molar-refractivity contribution in [2.75, 3.05) is 24.8 Å². The maximum absolute atomic E-state index is 5.04. The van der Waals surface area contributed by atoms with Crippen molar-refractivity contribution in [3.63, 3.8) is 0 Å². The summed E-state index contributed by atoms with van der Waals surface area (Å²) in [5, 5.41) is 6.38. The van der Waals surface area contributed by atoms with Gasteiger partial charge in [-0.05, 0) is 19.4 Å². The van der Waals surface area contributed by atoms with Gasteiger partial charge in [0.15, 0.2) is 0 Å². The monoisotopic (exact) mass is 273 g/mol. The summed E-state index contributed by atoms with van der Waals surface area (Å²) < 4.78 is 5.04. The Balaban J connectivity index is 2.11. The summed E-state index contributed by atoms with van der Waals surface area (Å²) in [5.74, 6) is 3.01. The maximum Gasteiger partial charge on any atom is 0.212 e. The third-order valence-electron chi connectivity index (χ3n) is 2.96. The summed E-state index contributed by atoms with van der Waals surface area (Å²) in [6.45, 7) is 4.51. The highest BCUT2D eigenvalue weighted by Crippen LogP contribution is 2.20. The van der Waals surface area contributed by atoms with Crippen molar-refractivity contribution in [1.29, 1.82) is 0 Å². The van der Waals surface area contributed by atoms with Crippen molar-refractivity contribution in [3.05, 3.63) is 35.3 Å². The van der Waals surface area contributed by atoms with Crippen LogP contribution in [0.15, 0.2) is 18.3 Å². The van der Waals surface area contributed by atoms with Gasteiger partial charge in [-0.3, -0.25) is 0 Å². The van der Waals surface area contributed by atoms with E-state index in [4.69, 9.17) is 4.74 Å². The molecule has 0 aliphatic heterocycles. The SMILES string of the molecule is CNc1nc(C)nc(NCc2ccc(OC)nc2)c1C. The Morgan fingerprint density at radius 2 is 1.90 bits per heavy atom. The number of methoxy groups -OCH3 is 1. The molecule has 0 fully saturated rings. The summed E-state index contributed by atoms with van der Waals surface area (Å²) in [6, 6.07) is 3.81. The fourth-order valence-corrected chi connectivity index (χ4v) is 1.87. The number of ether oxygens (including phenoxy) is 1. The van der Waals surface area contributed by atoms with Gasteiger partial charge in [0.05, 0.1) is 7.11 Å². The van der Waals surface area contributed by atoms with Gasteiger partial charge in [0, 0.05) is 31.4 Å². The Morgan fingerprint density at radius 1 is 1.15 bits per heavy atom. The molecule has 20 heavy (non-hydrogen) atoms. The van der Waals surface area contributed by atoms with Crippen LogP contribution in [-0.4, -0.2) is 29.1 Å². The highest BCUT2D eigenvalue weighted by Gasteiger charge is 2.07. The molecule has 0 saturated heterocycles. The molecule has 2 rings (SSSR count). The van der Waals surface area contributed by atoms with Crippen molar-refractivity contribution >= 4 is 11.6 Å². The minimum atomic E-state index is 0.611. The van der Waals surface area contributed by atoms with Gasteiger partial charge in [0.25, 0.3) is 0 Å². The van der Waals surface area contributed by atoms with E-state index < -0.39 is 0 Å². The van der Waals surface area contributed by atoms with Crippen molar-refractivity contribution in [2.45, 2.75) is 20.4 Å². The van der Waals surface area contributed by atoms with Gasteiger partial charge < -0.3 is 15.4 Å². The lowest BCUT2D eigenvalue weighted by Crippen LogP contribution is -2.08. The lowest BCUT2D eigenvalue weighted by atomic mass is 10.2. The average Bonchev–Trinajstić information content (AvgIpc) is 2.48. The summed E-state index contributed by atoms with van der Waals surface area (Å²) in [7, 11) is 3.46. The normalized spacial score (nSPS) is 10.2. The van der Waals surface area contributed by atoms with Crippen LogP contribution in [0.25, 0.3) is 0 Å². The van der Waals surface area contributed by atoms with Crippen LogP contribution in [0.5, 0.6) is 5.88 Å². The molecule has 2 aromatic heterocycles. The fraction of sp³-hybridized carbons (Fsp3) is 0.357. The minimum absolute atomic E-state index is 0.611. The lowest BCUT2D eigenvalue weighted by molar-refractivity contribution is 0.397. The van der Waals surface area contributed by atoms with Crippen LogP contribution in [0.2, 0.25) is 0 Å². The topological polar surface area (TPSA) is 72.0 Å². The number of anilines is 2. The van der Waals surface area contributed by atoms with Crippen LogP contribution in [-0.2, 0) is 6.54 Å². The number of nitrogens with zero attached hydrogens (tertiary/aromatic N) is 3. The van der Waals surface area contributed by atoms with Gasteiger partial charge in [-0.1, -0.05) is 6.07 Å². The van der Waals surface area contributed by atoms with E-state index in [2.05, 4.69) is 25.6 Å². The molecule has 0 aliphatic carbocycles. The zero-order valence-corrected chi connectivity index (χ0v) is 12.2. The molecule has 0 bridgehead atoms. The Hall–Kier alpha value is -2.37. The first-order valence-electron chi connectivity index (χ1n) is 6.40. The second kappa shape index (κ2) is 6.18. The quantitative estimate of drug-likeness (QED) is 0.869. The number of aryl methyl sites for hydroxylation is 1. The zero-order chi connectivity index (χ0) is 14.5. The molecule has 0 saturated carbocycles. The third-order valence-corrected chi connectivity index (χ3v) is 2.96. The number of pyridine rings is 1. The summed E-state index contributed by atoms with van der Waals surface area (Å²) >= 11 is 0. The van der Waals surface area contributed by atoms with Gasteiger partial charge in [-0.15, -0.1) is 0 Å². The number of aromatic nitrogens is 3. The van der Waals surface area contributed by atoms with Gasteiger partial charge in [-0.2, -0.15) is 0 Å². The van der Waals surface area contributed by atoms with Crippen LogP contribution in [0.4, 0.5) is 11.6 Å². The molecular formula is C14H19N5O. The van der Waals surface area contributed by atoms with E-state index in [-0.39, 0.29) is 0 Å². The molecule has 0 atom stereocenters. The Morgan fingerprint density at radius 3 is 2.50 bits per heavy atom. The fourth-order valence-electron chi connectivity index (χ4n) is 1.87. The third kappa shape index (κ3) is 3.14. The van der Waals surface area contributed by atoms with E-state index >= 15 is 0 Å². The number of hydrogen-bond acceptors (Lipinski definition) is 6. The standard InChI is InChI=1S/C14H19N5O/c1-9-13(15-3)18-10(2)19-14(9)17-8-11-5-6-12(20-4)16-7-11/h5-7H,8H2,1-4H3,(H2,15,17,18,19). The van der Waals surface area contributed by atoms with Crippen LogP contribution in [0.1, 0.15) is 17.0 Å². The van der Waals surface area contributed by atoms with Gasteiger partial charge in [0.1, 0.15) is 17.5 Å². The molecule has 2 heterocycles. The Bertz CT molecular complexity index is 583. The summed E-state index contributed by atoms with van der Waals surface area (Å²) in [6.07, 6.45) is 1.79. The number of hydrogen-bond donors (Lipinski definition) is 2. The van der Waals surface area contributed by atoms with Crippen molar-refractivity contribution in [2.24, 2.45) is 0 Å². The Labute approximate surface area is 118 Å². The first-order chi connectivity index (χ1) is 9.63. The van der Waals surface area contributed by atoms with E-state index in [1.807, 2.05) is 33.0 Å². The molecule has 0 spiro atoms. The van der Waals surface area contributed by atoms with Crippen LogP contribution >= 0.6 is 0 Å². The second-order valence-corrected chi connectivity index (χ2v) is 4.41. The summed E-state index contributed by atoms with van der Waals surface area (Å²) in [5.41, 5.74) is 2.06. The van der Waals surface area contributed by atoms with Crippen LogP contribution in [0.3, 0.4) is 0 Å². The molecule has 0 aliphatic rings. The molecular weight excluding hydrogens is 254 g/mol. The average molecular weight is 273 g/mol. The van der Waals surface area contributed by atoms with Crippen LogP contribution in [0, 0.1) is 13.8 Å². The molecule has 6 nitrogen and oxygen atoms in total. The molecule has 0 unspecified atom stereocenters. The molecule has 0 amide bonds. The molecule has 0 aromatic carbocycles. The minimum Gasteiger partial charge on any atom is -0.481 e. The molecule has 2 N–H and O–H groups in total. The molecule has 2 aromatic rings. The number of rotatable bonds is 5. The largest absolute Gasteiger partial charge is 0.481 e. The second-order valence-electron chi connectivity index (χ2n) is 4.41. The highest BCUT2D eigenvalue weighted by molar-refractivity contribution is 5.57. The highest BCUT2D eigenvalue weighted by atomic mass is 16.5. The molecule has 6 heteroatoms. The summed E-state index contributed by atoms with van der Waals surface area (Å²) in [4.78, 5) is 12.9. The van der Waals surface area contributed by atoms with E-state index in [9.17, 15) is 0 Å². The van der Waals surface area contributed by atoms with Crippen molar-refractivity contribution in [1.82, 2.24) is 15.0 Å². The lowest BCUT2D eigenvalue weighted by Gasteiger charge is -2.12. The molecule has 106 valence electrons. The van der Waals surface area contributed by atoms with Crippen LogP contribution < -0.4 is 15.4 Å². The first kappa shape index (κ1) is 14.0. The van der Waals surface area contributed by atoms with Gasteiger partial charge >= 0.3 is 0 Å². The Kier molecular flexibility index (Phi) is 4.34. The smallest absolute Gasteiger partial charge is 0.212 e. The van der Waals surface area contributed by atoms with E-state index in [1.54, 1.807) is 13.3 Å². The van der Waals surface area contributed by atoms with Gasteiger partial charge in [-0.25, -0.2) is 15.0 Å². The predicted molar refractivity (Wildman–Crippen MR) is 79.2 cm³/mol. The van der Waals surface area contributed by atoms with E-state index in [0.29, 0.717) is 12.4 Å². The maximum atomic E-state index is 5.04. The van der Waals surface area contributed by atoms with Gasteiger partial charge in [0.2, 0.25) is 5.88 Å². The zero-order valence-electron chi connectivity index (χ0n) is 12.2. The molecule has 0 radical (unpaired) electrons. The predicted octanol–water partition coefficient (Wildman–Crippen LogP) is 2.15. The first-order valence-corrected chi connectivity index (χ1v) is 6.40.